The lowest BCUT2D eigenvalue weighted by Gasteiger charge is -2.31. The first-order valence-electron chi connectivity index (χ1n) is 6.50. The smallest absolute Gasteiger partial charge is 0.304 e. The molecule has 0 spiro atoms. The molecule has 2 rings (SSSR count). The van der Waals surface area contributed by atoms with Crippen molar-refractivity contribution in [1.82, 2.24) is 4.90 Å². The third-order valence-corrected chi connectivity index (χ3v) is 4.13. The number of hydrogen-bond acceptors (Lipinski definition) is 1. The van der Waals surface area contributed by atoms with E-state index in [1.807, 2.05) is 0 Å². The molecule has 0 bridgehead atoms. The van der Waals surface area contributed by atoms with E-state index in [4.69, 9.17) is 11.6 Å². The Morgan fingerprint density at radius 1 is 1.26 bits per heavy atom. The predicted octanol–water partition coefficient (Wildman–Crippen LogP) is 4.56. The Balaban J connectivity index is 2.18. The van der Waals surface area contributed by atoms with Crippen molar-refractivity contribution in [2.75, 3.05) is 19.6 Å². The summed E-state index contributed by atoms with van der Waals surface area (Å²) in [5, 5.41) is -0.220. The molecule has 1 aliphatic heterocycles. The molecule has 5 heteroatoms. The minimum atomic E-state index is -4.38. The van der Waals surface area contributed by atoms with Crippen LogP contribution >= 0.6 is 11.6 Å². The van der Waals surface area contributed by atoms with E-state index in [1.54, 1.807) is 6.07 Å². The summed E-state index contributed by atoms with van der Waals surface area (Å²) < 4.78 is 38.5. The molecule has 0 amide bonds. The lowest BCUT2D eigenvalue weighted by Crippen LogP contribution is -2.32. The summed E-state index contributed by atoms with van der Waals surface area (Å²) in [5.74, 6) is 0.209. The molecule has 1 aliphatic rings. The summed E-state index contributed by atoms with van der Waals surface area (Å²) >= 11 is 5.64. The van der Waals surface area contributed by atoms with E-state index in [9.17, 15) is 13.2 Å². The quantitative estimate of drug-likeness (QED) is 0.772. The molecule has 1 saturated heterocycles. The van der Waals surface area contributed by atoms with Crippen LogP contribution in [0.3, 0.4) is 0 Å². The van der Waals surface area contributed by atoms with Crippen LogP contribution in [0, 0.1) is 0 Å². The van der Waals surface area contributed by atoms with Crippen molar-refractivity contribution in [2.24, 2.45) is 0 Å². The van der Waals surface area contributed by atoms with Gasteiger partial charge in [-0.1, -0.05) is 24.6 Å². The van der Waals surface area contributed by atoms with Crippen LogP contribution in [0.25, 0.3) is 0 Å². The topological polar surface area (TPSA) is 3.24 Å². The molecule has 1 fully saturated rings. The van der Waals surface area contributed by atoms with Crippen molar-refractivity contribution < 1.29 is 13.2 Å². The minimum Gasteiger partial charge on any atom is -0.304 e. The Morgan fingerprint density at radius 3 is 2.42 bits per heavy atom. The Labute approximate surface area is 116 Å². The second-order valence-electron chi connectivity index (χ2n) is 4.95. The van der Waals surface area contributed by atoms with E-state index >= 15 is 0 Å². The monoisotopic (exact) mass is 291 g/mol. The lowest BCUT2D eigenvalue weighted by molar-refractivity contribution is -0.137. The highest BCUT2D eigenvalue weighted by atomic mass is 35.5. The molecule has 1 aromatic carbocycles. The molecule has 0 radical (unpaired) electrons. The van der Waals surface area contributed by atoms with Crippen LogP contribution in [0.1, 0.15) is 36.8 Å². The molecule has 19 heavy (non-hydrogen) atoms. The van der Waals surface area contributed by atoms with Crippen molar-refractivity contribution in [1.29, 1.82) is 0 Å². The van der Waals surface area contributed by atoms with Gasteiger partial charge >= 0.3 is 6.18 Å². The second kappa shape index (κ2) is 5.71. The largest absolute Gasteiger partial charge is 0.417 e. The molecular formula is C14H17ClF3N. The van der Waals surface area contributed by atoms with Gasteiger partial charge in [-0.15, -0.1) is 0 Å². The fourth-order valence-electron chi connectivity index (χ4n) is 2.60. The number of hydrogen-bond donors (Lipinski definition) is 0. The molecule has 0 atom stereocenters. The van der Waals surface area contributed by atoms with Gasteiger partial charge in [-0.3, -0.25) is 0 Å². The maximum atomic E-state index is 12.8. The fraction of sp³-hybridized carbons (Fsp3) is 0.571. The SMILES string of the molecule is CCN1CCC(c2ccc(Cl)c(C(F)(F)F)c2)CC1. The number of likely N-dealkylation sites (tertiary alicyclic amines) is 1. The number of benzene rings is 1. The second-order valence-corrected chi connectivity index (χ2v) is 5.35. The van der Waals surface area contributed by atoms with Crippen molar-refractivity contribution >= 4 is 11.6 Å². The highest BCUT2D eigenvalue weighted by molar-refractivity contribution is 6.31. The standard InChI is InChI=1S/C14H17ClF3N/c1-2-19-7-5-10(6-8-19)11-3-4-13(15)12(9-11)14(16,17)18/h3-4,9-10H,2,5-8H2,1H3. The van der Waals surface area contributed by atoms with Crippen LogP contribution in [-0.2, 0) is 6.18 Å². The number of halogens is 4. The Morgan fingerprint density at radius 2 is 1.89 bits per heavy atom. The van der Waals surface area contributed by atoms with E-state index in [-0.39, 0.29) is 10.9 Å². The van der Waals surface area contributed by atoms with Crippen LogP contribution in [0.5, 0.6) is 0 Å². The number of alkyl halides is 3. The van der Waals surface area contributed by atoms with E-state index in [0.717, 1.165) is 38.0 Å². The van der Waals surface area contributed by atoms with Gasteiger partial charge in [0.1, 0.15) is 0 Å². The van der Waals surface area contributed by atoms with E-state index in [2.05, 4.69) is 11.8 Å². The zero-order chi connectivity index (χ0) is 14.0. The van der Waals surface area contributed by atoms with Gasteiger partial charge in [0.15, 0.2) is 0 Å². The van der Waals surface area contributed by atoms with Gasteiger partial charge < -0.3 is 4.90 Å². The zero-order valence-corrected chi connectivity index (χ0v) is 11.6. The van der Waals surface area contributed by atoms with Crippen molar-refractivity contribution in [3.63, 3.8) is 0 Å². The molecule has 0 aliphatic carbocycles. The van der Waals surface area contributed by atoms with Crippen molar-refractivity contribution in [2.45, 2.75) is 31.9 Å². The van der Waals surface area contributed by atoms with Gasteiger partial charge in [0.2, 0.25) is 0 Å². The van der Waals surface area contributed by atoms with Gasteiger partial charge in [-0.25, -0.2) is 0 Å². The average Bonchev–Trinajstić information content (AvgIpc) is 2.38. The fourth-order valence-corrected chi connectivity index (χ4v) is 2.82. The zero-order valence-electron chi connectivity index (χ0n) is 10.8. The summed E-state index contributed by atoms with van der Waals surface area (Å²) in [6.45, 7) is 5.00. The Kier molecular flexibility index (Phi) is 4.41. The minimum absolute atomic E-state index is 0.209. The third-order valence-electron chi connectivity index (χ3n) is 3.80. The predicted molar refractivity (Wildman–Crippen MR) is 70.5 cm³/mol. The summed E-state index contributed by atoms with van der Waals surface area (Å²) in [5.41, 5.74) is 0.0389. The highest BCUT2D eigenvalue weighted by Crippen LogP contribution is 2.38. The van der Waals surface area contributed by atoms with Crippen LogP contribution in [0.2, 0.25) is 5.02 Å². The molecule has 1 heterocycles. The Hall–Kier alpha value is -0.740. The highest BCUT2D eigenvalue weighted by Gasteiger charge is 2.34. The van der Waals surface area contributed by atoms with Gasteiger partial charge in [-0.05, 0) is 56.1 Å². The van der Waals surface area contributed by atoms with Gasteiger partial charge in [0, 0.05) is 0 Å². The van der Waals surface area contributed by atoms with Crippen LogP contribution in [0.15, 0.2) is 18.2 Å². The number of nitrogens with zero attached hydrogens (tertiary/aromatic N) is 1. The van der Waals surface area contributed by atoms with Crippen LogP contribution < -0.4 is 0 Å². The maximum absolute atomic E-state index is 12.8. The average molecular weight is 292 g/mol. The molecule has 0 unspecified atom stereocenters. The molecule has 1 aromatic rings. The molecule has 0 N–H and O–H groups in total. The summed E-state index contributed by atoms with van der Waals surface area (Å²) in [7, 11) is 0. The van der Waals surface area contributed by atoms with Gasteiger partial charge in [0.25, 0.3) is 0 Å². The number of piperidine rings is 1. The summed E-state index contributed by atoms with van der Waals surface area (Å²) in [6, 6.07) is 4.31. The lowest BCUT2D eigenvalue weighted by atomic mass is 9.88. The first kappa shape index (κ1) is 14.7. The first-order chi connectivity index (χ1) is 8.91. The van der Waals surface area contributed by atoms with Crippen LogP contribution in [0.4, 0.5) is 13.2 Å². The van der Waals surface area contributed by atoms with Crippen LogP contribution in [-0.4, -0.2) is 24.5 Å². The first-order valence-corrected chi connectivity index (χ1v) is 6.88. The molecule has 0 aromatic heterocycles. The van der Waals surface area contributed by atoms with Gasteiger partial charge in [0.05, 0.1) is 10.6 Å². The van der Waals surface area contributed by atoms with E-state index in [0.29, 0.717) is 0 Å². The van der Waals surface area contributed by atoms with E-state index < -0.39 is 11.7 Å². The van der Waals surface area contributed by atoms with E-state index in [1.165, 1.54) is 12.1 Å². The number of rotatable bonds is 2. The Bertz CT molecular complexity index is 437. The molecule has 0 saturated carbocycles. The van der Waals surface area contributed by atoms with Crippen molar-refractivity contribution in [3.05, 3.63) is 34.3 Å². The molecule has 1 nitrogen and oxygen atoms in total. The third kappa shape index (κ3) is 3.42. The molecular weight excluding hydrogens is 275 g/mol. The van der Waals surface area contributed by atoms with Gasteiger partial charge in [-0.2, -0.15) is 13.2 Å². The molecule has 106 valence electrons. The maximum Gasteiger partial charge on any atom is 0.417 e. The summed E-state index contributed by atoms with van der Waals surface area (Å²) in [4.78, 5) is 2.32. The van der Waals surface area contributed by atoms with Crippen molar-refractivity contribution in [3.8, 4) is 0 Å². The normalized spacial score (nSPS) is 18.8. The summed E-state index contributed by atoms with van der Waals surface area (Å²) in [6.07, 6.45) is -2.56.